The molecule has 0 aliphatic rings. The summed E-state index contributed by atoms with van der Waals surface area (Å²) in [6.45, 7) is 3.99. The number of carboxylic acid groups (broad SMARTS) is 1. The van der Waals surface area contributed by atoms with Gasteiger partial charge in [-0.3, -0.25) is 0 Å². The predicted molar refractivity (Wildman–Crippen MR) is 60.0 cm³/mol. The Kier molecular flexibility index (Phi) is 4.15. The number of aromatic hydroxyl groups is 1. The first-order valence-corrected chi connectivity index (χ1v) is 5.16. The zero-order valence-corrected chi connectivity index (χ0v) is 9.78. The quantitative estimate of drug-likeness (QED) is 0.855. The predicted octanol–water partition coefficient (Wildman–Crippen LogP) is 2.67. The average Bonchev–Trinajstić information content (AvgIpc) is 2.18. The number of carboxylic acids is 1. The van der Waals surface area contributed by atoms with Gasteiger partial charge in [0.15, 0.2) is 0 Å². The van der Waals surface area contributed by atoms with Gasteiger partial charge in [0.2, 0.25) is 0 Å². The third kappa shape index (κ3) is 3.12. The van der Waals surface area contributed by atoms with E-state index in [9.17, 15) is 9.90 Å². The highest BCUT2D eigenvalue weighted by Gasteiger charge is 2.13. The summed E-state index contributed by atoms with van der Waals surface area (Å²) in [6.07, 6.45) is 0.0392. The number of hydrogen-bond acceptors (Lipinski definition) is 3. The number of aromatic carboxylic acids is 1. The summed E-state index contributed by atoms with van der Waals surface area (Å²) >= 11 is 5.87. The molecule has 0 aliphatic heterocycles. The van der Waals surface area contributed by atoms with Crippen LogP contribution in [0.15, 0.2) is 12.1 Å². The van der Waals surface area contributed by atoms with Crippen molar-refractivity contribution in [3.63, 3.8) is 0 Å². The first-order valence-electron chi connectivity index (χ1n) is 4.78. The van der Waals surface area contributed by atoms with E-state index in [2.05, 4.69) is 0 Å². The summed E-state index contributed by atoms with van der Waals surface area (Å²) in [5.41, 5.74) is 0.358. The fourth-order valence-electron chi connectivity index (χ4n) is 1.14. The Hall–Kier alpha value is -1.26. The Morgan fingerprint density at radius 1 is 1.50 bits per heavy atom. The molecule has 0 spiro atoms. The van der Waals surface area contributed by atoms with Gasteiger partial charge in [-0.05, 0) is 26.0 Å². The standard InChI is InChI=1S/C11H13ClO4/c1-6(2)16-5-7-3-10(13)8(11(14)15)4-9(7)12/h3-4,6,13H,5H2,1-2H3,(H,14,15). The van der Waals surface area contributed by atoms with Crippen molar-refractivity contribution in [1.82, 2.24) is 0 Å². The van der Waals surface area contributed by atoms with Crippen LogP contribution in [0.3, 0.4) is 0 Å². The van der Waals surface area contributed by atoms with Crippen LogP contribution in [0, 0.1) is 0 Å². The summed E-state index contributed by atoms with van der Waals surface area (Å²) in [5, 5.41) is 18.5. The van der Waals surface area contributed by atoms with Gasteiger partial charge in [-0.1, -0.05) is 11.6 Å². The number of benzene rings is 1. The number of carbonyl (C=O) groups is 1. The lowest BCUT2D eigenvalue weighted by Crippen LogP contribution is -2.04. The van der Waals surface area contributed by atoms with E-state index in [0.717, 1.165) is 0 Å². The molecule has 1 rings (SSSR count). The normalized spacial score (nSPS) is 10.8. The zero-order valence-electron chi connectivity index (χ0n) is 9.03. The highest BCUT2D eigenvalue weighted by Crippen LogP contribution is 2.27. The summed E-state index contributed by atoms with van der Waals surface area (Å²) < 4.78 is 5.32. The lowest BCUT2D eigenvalue weighted by Gasteiger charge is -2.10. The monoisotopic (exact) mass is 244 g/mol. The Labute approximate surface area is 98.4 Å². The van der Waals surface area contributed by atoms with Crippen LogP contribution >= 0.6 is 11.6 Å². The fraction of sp³-hybridized carbons (Fsp3) is 0.364. The van der Waals surface area contributed by atoms with E-state index in [1.54, 1.807) is 0 Å². The molecule has 0 aromatic heterocycles. The Morgan fingerprint density at radius 2 is 2.12 bits per heavy atom. The molecule has 5 heteroatoms. The Bertz CT molecular complexity index is 401. The minimum Gasteiger partial charge on any atom is -0.507 e. The van der Waals surface area contributed by atoms with Crippen molar-refractivity contribution in [2.45, 2.75) is 26.6 Å². The summed E-state index contributed by atoms with van der Waals surface area (Å²) in [5.74, 6) is -1.52. The van der Waals surface area contributed by atoms with Crippen LogP contribution in [-0.2, 0) is 11.3 Å². The molecule has 0 fully saturated rings. The van der Waals surface area contributed by atoms with E-state index in [-0.39, 0.29) is 29.0 Å². The van der Waals surface area contributed by atoms with Gasteiger partial charge in [0.25, 0.3) is 0 Å². The van der Waals surface area contributed by atoms with Crippen LogP contribution in [0.4, 0.5) is 0 Å². The lowest BCUT2D eigenvalue weighted by molar-refractivity contribution is 0.0651. The molecule has 16 heavy (non-hydrogen) atoms. The molecule has 0 aliphatic carbocycles. The molecule has 0 radical (unpaired) electrons. The van der Waals surface area contributed by atoms with E-state index >= 15 is 0 Å². The van der Waals surface area contributed by atoms with Gasteiger partial charge in [-0.15, -0.1) is 0 Å². The average molecular weight is 245 g/mol. The fourth-order valence-corrected chi connectivity index (χ4v) is 1.36. The zero-order chi connectivity index (χ0) is 12.3. The number of ether oxygens (including phenoxy) is 1. The van der Waals surface area contributed by atoms with Crippen molar-refractivity contribution in [1.29, 1.82) is 0 Å². The summed E-state index contributed by atoms with van der Waals surface area (Å²) in [7, 11) is 0. The van der Waals surface area contributed by atoms with Crippen molar-refractivity contribution < 1.29 is 19.7 Å². The van der Waals surface area contributed by atoms with Gasteiger partial charge in [0.05, 0.1) is 12.7 Å². The van der Waals surface area contributed by atoms with E-state index in [0.29, 0.717) is 5.56 Å². The van der Waals surface area contributed by atoms with Gasteiger partial charge in [-0.25, -0.2) is 4.79 Å². The first-order chi connectivity index (χ1) is 7.41. The maximum Gasteiger partial charge on any atom is 0.339 e. The lowest BCUT2D eigenvalue weighted by atomic mass is 10.1. The van der Waals surface area contributed by atoms with Crippen molar-refractivity contribution in [3.05, 3.63) is 28.3 Å². The molecule has 0 heterocycles. The molecule has 1 aromatic rings. The minimum absolute atomic E-state index is 0.0392. The number of phenols is 1. The number of hydrogen-bond donors (Lipinski definition) is 2. The molecule has 0 atom stereocenters. The minimum atomic E-state index is -1.21. The number of rotatable bonds is 4. The van der Waals surface area contributed by atoms with Crippen LogP contribution in [-0.4, -0.2) is 22.3 Å². The van der Waals surface area contributed by atoms with E-state index in [4.69, 9.17) is 21.4 Å². The molecule has 1 aromatic carbocycles. The van der Waals surface area contributed by atoms with E-state index < -0.39 is 5.97 Å². The summed E-state index contributed by atoms with van der Waals surface area (Å²) in [4.78, 5) is 10.7. The second kappa shape index (κ2) is 5.18. The third-order valence-electron chi connectivity index (χ3n) is 1.97. The topological polar surface area (TPSA) is 66.8 Å². The van der Waals surface area contributed by atoms with Crippen LogP contribution < -0.4 is 0 Å². The first kappa shape index (κ1) is 12.8. The second-order valence-electron chi connectivity index (χ2n) is 3.63. The molecule has 2 N–H and O–H groups in total. The maximum atomic E-state index is 10.7. The molecule has 0 amide bonds. The van der Waals surface area contributed by atoms with Crippen molar-refractivity contribution >= 4 is 17.6 Å². The molecule has 0 saturated heterocycles. The Morgan fingerprint density at radius 3 is 2.62 bits per heavy atom. The smallest absolute Gasteiger partial charge is 0.339 e. The van der Waals surface area contributed by atoms with E-state index in [1.165, 1.54) is 12.1 Å². The van der Waals surface area contributed by atoms with Crippen molar-refractivity contribution in [2.75, 3.05) is 0 Å². The number of halogens is 1. The van der Waals surface area contributed by atoms with Gasteiger partial charge < -0.3 is 14.9 Å². The molecular weight excluding hydrogens is 232 g/mol. The van der Waals surface area contributed by atoms with Crippen LogP contribution in [0.25, 0.3) is 0 Å². The highest BCUT2D eigenvalue weighted by atomic mass is 35.5. The third-order valence-corrected chi connectivity index (χ3v) is 2.32. The van der Waals surface area contributed by atoms with E-state index in [1.807, 2.05) is 13.8 Å². The summed E-state index contributed by atoms with van der Waals surface area (Å²) in [6, 6.07) is 2.53. The van der Waals surface area contributed by atoms with Crippen LogP contribution in [0.5, 0.6) is 5.75 Å². The molecule has 4 nitrogen and oxygen atoms in total. The van der Waals surface area contributed by atoms with Crippen LogP contribution in [0.2, 0.25) is 5.02 Å². The van der Waals surface area contributed by atoms with Gasteiger partial charge in [0.1, 0.15) is 11.3 Å². The largest absolute Gasteiger partial charge is 0.507 e. The maximum absolute atomic E-state index is 10.7. The molecule has 0 unspecified atom stereocenters. The van der Waals surface area contributed by atoms with Gasteiger partial charge in [0, 0.05) is 10.6 Å². The molecular formula is C11H13ClO4. The van der Waals surface area contributed by atoms with Crippen LogP contribution in [0.1, 0.15) is 29.8 Å². The SMILES string of the molecule is CC(C)OCc1cc(O)c(C(=O)O)cc1Cl. The molecule has 88 valence electrons. The Balaban J connectivity index is 2.96. The van der Waals surface area contributed by atoms with Gasteiger partial charge in [-0.2, -0.15) is 0 Å². The van der Waals surface area contributed by atoms with Crippen molar-refractivity contribution in [3.8, 4) is 5.75 Å². The molecule has 0 bridgehead atoms. The molecule has 0 saturated carbocycles. The second-order valence-corrected chi connectivity index (χ2v) is 4.03. The van der Waals surface area contributed by atoms with Crippen molar-refractivity contribution in [2.24, 2.45) is 0 Å². The van der Waals surface area contributed by atoms with Gasteiger partial charge >= 0.3 is 5.97 Å². The highest BCUT2D eigenvalue weighted by molar-refractivity contribution is 6.31.